The third kappa shape index (κ3) is 3.33. The molecule has 1 fully saturated rings. The van der Waals surface area contributed by atoms with Crippen LogP contribution in [0, 0.1) is 12.3 Å². The van der Waals surface area contributed by atoms with Crippen molar-refractivity contribution >= 4 is 39.8 Å². The molecule has 0 unspecified atom stereocenters. The summed E-state index contributed by atoms with van der Waals surface area (Å²) in [6.45, 7) is 3.96. The molecule has 1 atom stereocenters. The zero-order valence-electron chi connectivity index (χ0n) is 14.7. The molecule has 0 saturated carbocycles. The molecule has 0 aromatic heterocycles. The molecular formula is C21H19NO3S. The molecule has 0 radical (unpaired) electrons. The maximum atomic E-state index is 12.7. The molecule has 1 aliphatic rings. The van der Waals surface area contributed by atoms with E-state index >= 15 is 0 Å². The molecule has 0 spiro atoms. The van der Waals surface area contributed by atoms with Crippen LogP contribution in [0.1, 0.15) is 25.8 Å². The Labute approximate surface area is 157 Å². The van der Waals surface area contributed by atoms with Crippen molar-refractivity contribution in [3.63, 3.8) is 0 Å². The van der Waals surface area contributed by atoms with Crippen molar-refractivity contribution in [3.05, 3.63) is 46.9 Å². The molecule has 2 aromatic rings. The minimum absolute atomic E-state index is 0.127. The highest BCUT2D eigenvalue weighted by Gasteiger charge is 2.37. The van der Waals surface area contributed by atoms with Gasteiger partial charge in [-0.1, -0.05) is 43.2 Å². The quantitative estimate of drug-likeness (QED) is 0.570. The number of nitrogens with zero attached hydrogens (tertiary/aromatic N) is 1. The number of thioether (sulfide) groups is 1. The fourth-order valence-corrected chi connectivity index (χ4v) is 3.76. The number of hydrogen-bond donors (Lipinski definition) is 0. The van der Waals surface area contributed by atoms with E-state index < -0.39 is 0 Å². The molecule has 5 heteroatoms. The van der Waals surface area contributed by atoms with Gasteiger partial charge in [0.05, 0.1) is 4.91 Å². The maximum Gasteiger partial charge on any atom is 0.293 e. The molecule has 1 heterocycles. The molecule has 1 saturated heterocycles. The molecule has 2 amide bonds. The summed E-state index contributed by atoms with van der Waals surface area (Å²) in [5, 5.41) is 1.73. The van der Waals surface area contributed by atoms with Crippen LogP contribution < -0.4 is 4.74 Å². The average molecular weight is 365 g/mol. The predicted molar refractivity (Wildman–Crippen MR) is 106 cm³/mol. The van der Waals surface area contributed by atoms with Crippen LogP contribution in [0.2, 0.25) is 0 Å². The van der Waals surface area contributed by atoms with Gasteiger partial charge in [0.1, 0.15) is 12.4 Å². The van der Waals surface area contributed by atoms with Gasteiger partial charge in [0.25, 0.3) is 11.1 Å². The largest absolute Gasteiger partial charge is 0.480 e. The lowest BCUT2D eigenvalue weighted by Gasteiger charge is -2.19. The first-order chi connectivity index (χ1) is 12.6. The third-order valence-corrected chi connectivity index (χ3v) is 5.26. The zero-order chi connectivity index (χ0) is 18.7. The van der Waals surface area contributed by atoms with Crippen molar-refractivity contribution in [1.82, 2.24) is 4.90 Å². The highest BCUT2D eigenvalue weighted by Crippen LogP contribution is 2.37. The summed E-state index contributed by atoms with van der Waals surface area (Å²) in [7, 11) is 0. The summed E-state index contributed by atoms with van der Waals surface area (Å²) >= 11 is 0.964. The van der Waals surface area contributed by atoms with Crippen molar-refractivity contribution in [2.24, 2.45) is 0 Å². The number of hydrogen-bond acceptors (Lipinski definition) is 4. The minimum atomic E-state index is -0.259. The van der Waals surface area contributed by atoms with Crippen molar-refractivity contribution in [2.45, 2.75) is 26.3 Å². The summed E-state index contributed by atoms with van der Waals surface area (Å²) < 4.78 is 5.66. The van der Waals surface area contributed by atoms with E-state index in [9.17, 15) is 9.59 Å². The van der Waals surface area contributed by atoms with Crippen LogP contribution in [0.4, 0.5) is 4.79 Å². The van der Waals surface area contributed by atoms with Crippen LogP contribution >= 0.6 is 11.8 Å². The van der Waals surface area contributed by atoms with Crippen LogP contribution in [0.3, 0.4) is 0 Å². The van der Waals surface area contributed by atoms with Crippen LogP contribution in [-0.4, -0.2) is 28.7 Å². The Balaban J connectivity index is 2.10. The Hall–Kier alpha value is -2.71. The van der Waals surface area contributed by atoms with Gasteiger partial charge in [-0.05, 0) is 48.0 Å². The summed E-state index contributed by atoms with van der Waals surface area (Å²) in [5.74, 6) is 2.79. The number of fused-ring (bicyclic) bond motifs is 1. The van der Waals surface area contributed by atoms with E-state index in [0.717, 1.165) is 34.5 Å². The third-order valence-electron chi connectivity index (χ3n) is 4.37. The van der Waals surface area contributed by atoms with Crippen LogP contribution in [0.25, 0.3) is 16.8 Å². The second-order valence-electron chi connectivity index (χ2n) is 6.00. The number of benzene rings is 2. The highest BCUT2D eigenvalue weighted by molar-refractivity contribution is 8.18. The van der Waals surface area contributed by atoms with Crippen molar-refractivity contribution < 1.29 is 14.3 Å². The molecule has 0 aliphatic carbocycles. The molecule has 4 nitrogen and oxygen atoms in total. The fraction of sp³-hybridized carbons (Fsp3) is 0.238. The average Bonchev–Trinajstić information content (AvgIpc) is 2.93. The Morgan fingerprint density at radius 3 is 2.77 bits per heavy atom. The van der Waals surface area contributed by atoms with Crippen molar-refractivity contribution in [3.8, 4) is 18.1 Å². The van der Waals surface area contributed by atoms with E-state index in [2.05, 4.69) is 5.92 Å². The van der Waals surface area contributed by atoms with Gasteiger partial charge in [-0.3, -0.25) is 14.5 Å². The molecule has 3 rings (SSSR count). The second-order valence-corrected chi connectivity index (χ2v) is 6.99. The molecule has 2 aromatic carbocycles. The van der Waals surface area contributed by atoms with E-state index in [0.29, 0.717) is 10.7 Å². The number of ether oxygens (including phenoxy) is 1. The minimum Gasteiger partial charge on any atom is -0.480 e. The van der Waals surface area contributed by atoms with Gasteiger partial charge >= 0.3 is 0 Å². The molecule has 26 heavy (non-hydrogen) atoms. The molecule has 1 aliphatic heterocycles. The van der Waals surface area contributed by atoms with Crippen LogP contribution in [0.5, 0.6) is 5.75 Å². The molecule has 0 bridgehead atoms. The van der Waals surface area contributed by atoms with E-state index in [-0.39, 0.29) is 23.8 Å². The molecular weight excluding hydrogens is 346 g/mol. The van der Waals surface area contributed by atoms with Gasteiger partial charge in [-0.2, -0.15) is 0 Å². The van der Waals surface area contributed by atoms with E-state index in [1.165, 1.54) is 4.90 Å². The van der Waals surface area contributed by atoms with Crippen molar-refractivity contribution in [1.29, 1.82) is 0 Å². The topological polar surface area (TPSA) is 46.6 Å². The van der Waals surface area contributed by atoms with E-state index in [4.69, 9.17) is 11.2 Å². The summed E-state index contributed by atoms with van der Waals surface area (Å²) in [6.07, 6.45) is 7.77. The SMILES string of the molecule is C#CCOc1ccc2ccccc2c1/C=C1/SC(=O)N([C@@H](C)CC)C1=O. The number of amides is 2. The lowest BCUT2D eigenvalue weighted by molar-refractivity contribution is -0.124. The monoisotopic (exact) mass is 365 g/mol. The fourth-order valence-electron chi connectivity index (χ4n) is 2.84. The summed E-state index contributed by atoms with van der Waals surface area (Å²) in [6, 6.07) is 11.5. The first-order valence-electron chi connectivity index (χ1n) is 8.42. The van der Waals surface area contributed by atoms with Gasteiger partial charge in [0.2, 0.25) is 0 Å². The zero-order valence-corrected chi connectivity index (χ0v) is 15.5. The number of terminal acetylenes is 1. The first kappa shape index (κ1) is 18.1. The Bertz CT molecular complexity index is 942. The van der Waals surface area contributed by atoms with Crippen molar-refractivity contribution in [2.75, 3.05) is 6.61 Å². The number of carbonyl (C=O) groups is 2. The second kappa shape index (κ2) is 7.67. The van der Waals surface area contributed by atoms with E-state index in [1.54, 1.807) is 6.08 Å². The summed E-state index contributed by atoms with van der Waals surface area (Å²) in [4.78, 5) is 26.7. The van der Waals surface area contributed by atoms with Crippen LogP contribution in [-0.2, 0) is 4.79 Å². The lowest BCUT2D eigenvalue weighted by Crippen LogP contribution is -2.36. The number of rotatable bonds is 5. The van der Waals surface area contributed by atoms with Gasteiger partial charge in [0, 0.05) is 11.6 Å². The normalized spacial score (nSPS) is 17.0. The standard InChI is InChI=1S/C21H19NO3S/c1-4-12-25-18-11-10-15-8-6-7-9-16(15)17(18)13-19-20(23)22(14(3)5-2)21(24)26-19/h1,6-11,13-14H,5,12H2,2-3H3/b19-13+/t14-/m0/s1. The lowest BCUT2D eigenvalue weighted by atomic mass is 10.0. The molecule has 132 valence electrons. The molecule has 0 N–H and O–H groups in total. The van der Waals surface area contributed by atoms with Gasteiger partial charge in [-0.25, -0.2) is 0 Å². The van der Waals surface area contributed by atoms with Crippen LogP contribution in [0.15, 0.2) is 41.3 Å². The predicted octanol–water partition coefficient (Wildman–Crippen LogP) is 4.69. The van der Waals surface area contributed by atoms with Gasteiger partial charge < -0.3 is 4.74 Å². The smallest absolute Gasteiger partial charge is 0.293 e. The first-order valence-corrected chi connectivity index (χ1v) is 9.23. The maximum absolute atomic E-state index is 12.7. The Kier molecular flexibility index (Phi) is 5.34. The number of carbonyl (C=O) groups excluding carboxylic acids is 2. The summed E-state index contributed by atoms with van der Waals surface area (Å²) in [5.41, 5.74) is 0.757. The Morgan fingerprint density at radius 1 is 1.27 bits per heavy atom. The Morgan fingerprint density at radius 2 is 2.04 bits per heavy atom. The highest BCUT2D eigenvalue weighted by atomic mass is 32.2. The van der Waals surface area contributed by atoms with E-state index in [1.807, 2.05) is 50.2 Å². The van der Waals surface area contributed by atoms with Gasteiger partial charge in [-0.15, -0.1) is 6.42 Å². The number of imide groups is 1. The van der Waals surface area contributed by atoms with Gasteiger partial charge in [0.15, 0.2) is 0 Å².